The Morgan fingerprint density at radius 1 is 0.939 bits per heavy atom. The van der Waals surface area contributed by atoms with Crippen molar-refractivity contribution in [3.63, 3.8) is 0 Å². The lowest BCUT2D eigenvalue weighted by atomic mass is 10.1. The summed E-state index contributed by atoms with van der Waals surface area (Å²) in [5, 5.41) is 12.2. The van der Waals surface area contributed by atoms with Gasteiger partial charge in [-0.05, 0) is 43.8 Å². The fourth-order valence-corrected chi connectivity index (χ4v) is 3.91. The lowest BCUT2D eigenvalue weighted by Gasteiger charge is -2.23. The molecule has 0 aliphatic rings. The third-order valence-corrected chi connectivity index (χ3v) is 5.79. The van der Waals surface area contributed by atoms with Gasteiger partial charge in [-0.1, -0.05) is 0 Å². The number of nitrogens with zero attached hydrogens (tertiary/aromatic N) is 8. The molecule has 0 radical (unpaired) electrons. The second kappa shape index (κ2) is 7.67. The van der Waals surface area contributed by atoms with E-state index in [1.165, 1.54) is 18.7 Å². The maximum Gasteiger partial charge on any atom is 0.433 e. The van der Waals surface area contributed by atoms with Gasteiger partial charge in [-0.2, -0.15) is 31.4 Å². The lowest BCUT2D eigenvalue weighted by Crippen LogP contribution is -2.31. The number of rotatable bonds is 4. The number of pyridine rings is 2. The van der Waals surface area contributed by atoms with Crippen LogP contribution in [0.3, 0.4) is 0 Å². The van der Waals surface area contributed by atoms with E-state index in [0.717, 1.165) is 17.8 Å². The summed E-state index contributed by atoms with van der Waals surface area (Å²) >= 11 is 0.920. The molecule has 0 unspecified atom stereocenters. The smallest absolute Gasteiger partial charge is 0.307 e. The highest BCUT2D eigenvalue weighted by Crippen LogP contribution is 2.39. The van der Waals surface area contributed by atoms with Gasteiger partial charge < -0.3 is 4.57 Å². The van der Waals surface area contributed by atoms with Crippen molar-refractivity contribution in [2.24, 2.45) is 7.05 Å². The normalized spacial score (nSPS) is 13.1. The van der Waals surface area contributed by atoms with Crippen molar-refractivity contribution < 1.29 is 26.3 Å². The first-order valence-electron chi connectivity index (χ1n) is 9.17. The van der Waals surface area contributed by atoms with E-state index in [-0.39, 0.29) is 11.1 Å². The number of hydrogen-bond acceptors (Lipinski definition) is 7. The Kier molecular flexibility index (Phi) is 5.34. The fourth-order valence-electron chi connectivity index (χ4n) is 3.15. The molecule has 0 spiro atoms. The van der Waals surface area contributed by atoms with Crippen molar-refractivity contribution in [1.82, 2.24) is 39.5 Å². The molecule has 4 heterocycles. The third-order valence-electron chi connectivity index (χ3n) is 4.81. The van der Waals surface area contributed by atoms with Crippen LogP contribution in [-0.4, -0.2) is 39.5 Å². The Hall–Kier alpha value is -3.23. The van der Waals surface area contributed by atoms with Gasteiger partial charge in [0.2, 0.25) is 0 Å². The molecule has 0 saturated heterocycles. The average molecular weight is 488 g/mol. The highest BCUT2D eigenvalue weighted by atomic mass is 32.2. The molecule has 8 nitrogen and oxygen atoms in total. The van der Waals surface area contributed by atoms with Gasteiger partial charge in [0, 0.05) is 12.4 Å². The summed E-state index contributed by atoms with van der Waals surface area (Å²) in [4.78, 5) is 11.1. The first kappa shape index (κ1) is 22.9. The number of hydrogen-bond donors (Lipinski definition) is 0. The van der Waals surface area contributed by atoms with Gasteiger partial charge in [0.15, 0.2) is 16.6 Å². The van der Waals surface area contributed by atoms with Crippen molar-refractivity contribution in [3.8, 4) is 0 Å². The first-order chi connectivity index (χ1) is 15.3. The van der Waals surface area contributed by atoms with Crippen LogP contribution in [0, 0.1) is 0 Å². The van der Waals surface area contributed by atoms with Crippen molar-refractivity contribution >= 4 is 22.8 Å². The van der Waals surface area contributed by atoms with Crippen LogP contribution < -0.4 is 0 Å². The minimum atomic E-state index is -5.07. The Morgan fingerprint density at radius 3 is 2.27 bits per heavy atom. The zero-order valence-corrected chi connectivity index (χ0v) is 18.0. The lowest BCUT2D eigenvalue weighted by molar-refractivity contribution is -0.144. The summed E-state index contributed by atoms with van der Waals surface area (Å²) in [6.45, 7) is 3.66. The van der Waals surface area contributed by atoms with Crippen LogP contribution in [-0.2, 0) is 24.9 Å². The van der Waals surface area contributed by atoms with Gasteiger partial charge in [0.05, 0.1) is 5.56 Å². The first-order valence-corrected chi connectivity index (χ1v) is 9.99. The fraction of sp³-hybridized carbons (Fsp3) is 0.333. The van der Waals surface area contributed by atoms with Crippen molar-refractivity contribution in [2.45, 2.75) is 41.9 Å². The van der Waals surface area contributed by atoms with Gasteiger partial charge in [0.1, 0.15) is 28.9 Å². The van der Waals surface area contributed by atoms with Crippen LogP contribution in [0.2, 0.25) is 0 Å². The van der Waals surface area contributed by atoms with Crippen LogP contribution >= 0.6 is 11.8 Å². The van der Waals surface area contributed by atoms with E-state index in [1.807, 2.05) is 13.8 Å². The van der Waals surface area contributed by atoms with Gasteiger partial charge in [-0.3, -0.25) is 0 Å². The van der Waals surface area contributed by atoms with Gasteiger partial charge in [-0.25, -0.2) is 19.6 Å². The van der Waals surface area contributed by atoms with E-state index >= 15 is 0 Å². The minimum absolute atomic E-state index is 0.0159. The standard InChI is InChI=1S/C18H14F6N8S/c1-16(2,32-8-25-7-26-32)14-29-30-15(31(14)3)33-12-5-4-9-10(17(19,20)21)6-11(18(22,23)24)27-13(9)28-12/h4-8H,1-3H3. The summed E-state index contributed by atoms with van der Waals surface area (Å²) in [6, 6.07) is 2.28. The van der Waals surface area contributed by atoms with Crippen LogP contribution in [0.4, 0.5) is 26.3 Å². The molecule has 174 valence electrons. The second-order valence-corrected chi connectivity index (χ2v) is 8.43. The molecule has 0 aliphatic heterocycles. The predicted molar refractivity (Wildman–Crippen MR) is 103 cm³/mol. The summed E-state index contributed by atoms with van der Waals surface area (Å²) in [5.41, 5.74) is -4.54. The van der Waals surface area contributed by atoms with Crippen LogP contribution in [0.25, 0.3) is 11.0 Å². The summed E-state index contributed by atoms with van der Waals surface area (Å²) in [7, 11) is 1.67. The molecule has 0 saturated carbocycles. The highest BCUT2D eigenvalue weighted by molar-refractivity contribution is 7.99. The SMILES string of the molecule is Cn1c(Sc2ccc3c(C(F)(F)F)cc(C(F)(F)F)nc3n2)nnc1C(C)(C)n1cncn1. The maximum absolute atomic E-state index is 13.4. The second-order valence-electron chi connectivity index (χ2n) is 7.44. The molecule has 33 heavy (non-hydrogen) atoms. The molecule has 4 rings (SSSR count). The van der Waals surface area contributed by atoms with E-state index in [9.17, 15) is 26.3 Å². The molecule has 0 fully saturated rings. The molecule has 0 aliphatic carbocycles. The van der Waals surface area contributed by atoms with E-state index in [2.05, 4.69) is 30.2 Å². The zero-order valence-electron chi connectivity index (χ0n) is 17.1. The molecular weight excluding hydrogens is 474 g/mol. The van der Waals surface area contributed by atoms with E-state index in [0.29, 0.717) is 11.0 Å². The minimum Gasteiger partial charge on any atom is -0.307 e. The molecule has 0 N–H and O–H groups in total. The molecule has 4 aromatic heterocycles. The summed E-state index contributed by atoms with van der Waals surface area (Å²) in [6.07, 6.45) is -7.20. The van der Waals surface area contributed by atoms with Crippen LogP contribution in [0.1, 0.15) is 30.9 Å². The number of alkyl halides is 6. The monoisotopic (exact) mass is 488 g/mol. The Balaban J connectivity index is 1.74. The number of halogens is 6. The Labute approximate surface area is 186 Å². The van der Waals surface area contributed by atoms with E-state index in [1.54, 1.807) is 16.3 Å². The molecule has 15 heteroatoms. The average Bonchev–Trinajstić information content (AvgIpc) is 3.37. The molecular formula is C18H14F6N8S. The summed E-state index contributed by atoms with van der Waals surface area (Å²) < 4.78 is 82.6. The van der Waals surface area contributed by atoms with Gasteiger partial charge >= 0.3 is 12.4 Å². The highest BCUT2D eigenvalue weighted by Gasteiger charge is 2.39. The predicted octanol–water partition coefficient (Wildman–Crippen LogP) is 4.32. The van der Waals surface area contributed by atoms with E-state index in [4.69, 9.17) is 0 Å². The molecule has 0 bridgehead atoms. The Bertz CT molecular complexity index is 1310. The van der Waals surface area contributed by atoms with Crippen molar-refractivity contribution in [2.75, 3.05) is 0 Å². The van der Waals surface area contributed by atoms with Crippen molar-refractivity contribution in [3.05, 3.63) is 47.9 Å². The number of aromatic nitrogens is 8. The maximum atomic E-state index is 13.4. The van der Waals surface area contributed by atoms with Gasteiger partial charge in [0.25, 0.3) is 0 Å². The quantitative estimate of drug-likeness (QED) is 0.396. The summed E-state index contributed by atoms with van der Waals surface area (Å²) in [5.74, 6) is 0.494. The largest absolute Gasteiger partial charge is 0.433 e. The molecule has 0 aromatic carbocycles. The molecule has 0 atom stereocenters. The molecule has 4 aromatic rings. The Morgan fingerprint density at radius 2 is 1.67 bits per heavy atom. The zero-order chi connectivity index (χ0) is 24.2. The van der Waals surface area contributed by atoms with Crippen LogP contribution in [0.5, 0.6) is 0 Å². The number of fused-ring (bicyclic) bond motifs is 1. The topological polar surface area (TPSA) is 87.2 Å². The van der Waals surface area contributed by atoms with Gasteiger partial charge in [-0.15, -0.1) is 10.2 Å². The van der Waals surface area contributed by atoms with E-state index < -0.39 is 40.2 Å². The molecule has 0 amide bonds. The van der Waals surface area contributed by atoms with Crippen molar-refractivity contribution in [1.29, 1.82) is 0 Å². The van der Waals surface area contributed by atoms with Crippen LogP contribution in [0.15, 0.2) is 41.0 Å². The third kappa shape index (κ3) is 4.24.